The average molecular weight is 180 g/mol. The third kappa shape index (κ3) is 9.06. The fourth-order valence-corrected chi connectivity index (χ4v) is 1.04. The Morgan fingerprint density at radius 2 is 1.77 bits per heavy atom. The van der Waals surface area contributed by atoms with Gasteiger partial charge >= 0.3 is 0 Å². The Morgan fingerprint density at radius 1 is 1.08 bits per heavy atom. The highest BCUT2D eigenvalue weighted by molar-refractivity contribution is 5.78. The van der Waals surface area contributed by atoms with Crippen LogP contribution >= 0.6 is 0 Å². The van der Waals surface area contributed by atoms with E-state index in [9.17, 15) is 4.79 Å². The topological polar surface area (TPSA) is 17.1 Å². The minimum absolute atomic E-state index is 0.381. The molecule has 0 aromatic carbocycles. The summed E-state index contributed by atoms with van der Waals surface area (Å²) in [6, 6.07) is 0. The Hall–Kier alpha value is -0.850. The Bertz CT molecular complexity index is 178. The predicted octanol–water partition coefficient (Wildman–Crippen LogP) is 3.66. The lowest BCUT2D eigenvalue weighted by atomic mass is 10.1. The first-order chi connectivity index (χ1) is 6.31. The Morgan fingerprint density at radius 3 is 2.38 bits per heavy atom. The van der Waals surface area contributed by atoms with Crippen LogP contribution in [0.4, 0.5) is 0 Å². The zero-order chi connectivity index (χ0) is 9.94. The number of ketones is 1. The maximum atomic E-state index is 11.1. The van der Waals surface area contributed by atoms with Gasteiger partial charge in [-0.2, -0.15) is 0 Å². The van der Waals surface area contributed by atoms with Gasteiger partial charge in [-0.1, -0.05) is 38.2 Å². The highest BCUT2D eigenvalue weighted by Gasteiger charge is 1.96. The summed E-state index contributed by atoms with van der Waals surface area (Å²) in [6.07, 6.45) is 12.6. The Kier molecular flexibility index (Phi) is 8.64. The van der Waals surface area contributed by atoms with E-state index in [0.717, 1.165) is 25.7 Å². The SMILES string of the molecule is CC/C=C/C=C\CCC(=O)CCC. The lowest BCUT2D eigenvalue weighted by Gasteiger charge is -1.93. The number of carbonyl (C=O) groups is 1. The van der Waals surface area contributed by atoms with E-state index in [0.29, 0.717) is 12.2 Å². The van der Waals surface area contributed by atoms with Crippen molar-refractivity contribution in [2.45, 2.75) is 46.0 Å². The van der Waals surface area contributed by atoms with Gasteiger partial charge < -0.3 is 0 Å². The molecule has 0 radical (unpaired) electrons. The molecule has 0 aliphatic carbocycles. The van der Waals surface area contributed by atoms with Crippen LogP contribution in [0.3, 0.4) is 0 Å². The highest BCUT2D eigenvalue weighted by atomic mass is 16.1. The smallest absolute Gasteiger partial charge is 0.133 e. The van der Waals surface area contributed by atoms with Crippen LogP contribution in [0.15, 0.2) is 24.3 Å². The van der Waals surface area contributed by atoms with E-state index >= 15 is 0 Å². The first-order valence-electron chi connectivity index (χ1n) is 5.14. The van der Waals surface area contributed by atoms with Crippen molar-refractivity contribution in [2.24, 2.45) is 0 Å². The Balaban J connectivity index is 3.38. The molecule has 0 spiro atoms. The quantitative estimate of drug-likeness (QED) is 0.546. The van der Waals surface area contributed by atoms with Crippen molar-refractivity contribution in [3.05, 3.63) is 24.3 Å². The van der Waals surface area contributed by atoms with Gasteiger partial charge in [0, 0.05) is 12.8 Å². The molecule has 0 aromatic rings. The summed E-state index contributed by atoms with van der Waals surface area (Å²) in [7, 11) is 0. The fourth-order valence-electron chi connectivity index (χ4n) is 1.04. The highest BCUT2D eigenvalue weighted by Crippen LogP contribution is 1.99. The van der Waals surface area contributed by atoms with Crippen molar-refractivity contribution in [1.29, 1.82) is 0 Å². The summed E-state index contributed by atoms with van der Waals surface area (Å²) in [6.45, 7) is 4.15. The van der Waals surface area contributed by atoms with E-state index in [1.54, 1.807) is 0 Å². The Labute approximate surface area is 81.5 Å². The van der Waals surface area contributed by atoms with Gasteiger partial charge in [0.05, 0.1) is 0 Å². The monoisotopic (exact) mass is 180 g/mol. The van der Waals surface area contributed by atoms with Crippen LogP contribution in [0.1, 0.15) is 46.0 Å². The van der Waals surface area contributed by atoms with E-state index in [1.165, 1.54) is 0 Å². The van der Waals surface area contributed by atoms with Gasteiger partial charge in [0.2, 0.25) is 0 Å². The van der Waals surface area contributed by atoms with Crippen molar-refractivity contribution in [2.75, 3.05) is 0 Å². The molecule has 0 saturated carbocycles. The summed E-state index contributed by atoms with van der Waals surface area (Å²) in [4.78, 5) is 11.1. The zero-order valence-corrected chi connectivity index (χ0v) is 8.75. The summed E-state index contributed by atoms with van der Waals surface area (Å²) < 4.78 is 0. The van der Waals surface area contributed by atoms with Crippen LogP contribution in [0.5, 0.6) is 0 Å². The first-order valence-corrected chi connectivity index (χ1v) is 5.14. The van der Waals surface area contributed by atoms with Gasteiger partial charge in [0.15, 0.2) is 0 Å². The summed E-state index contributed by atoms with van der Waals surface area (Å²) >= 11 is 0. The maximum absolute atomic E-state index is 11.1. The molecule has 0 rings (SSSR count). The predicted molar refractivity (Wildman–Crippen MR) is 57.7 cm³/mol. The van der Waals surface area contributed by atoms with Crippen molar-refractivity contribution >= 4 is 5.78 Å². The van der Waals surface area contributed by atoms with Gasteiger partial charge in [-0.15, -0.1) is 0 Å². The molecular formula is C12H20O. The molecule has 1 heteroatoms. The minimum atomic E-state index is 0.381. The van der Waals surface area contributed by atoms with E-state index in [2.05, 4.69) is 19.1 Å². The molecule has 0 unspecified atom stereocenters. The number of hydrogen-bond acceptors (Lipinski definition) is 1. The number of Topliss-reactive ketones (excluding diaryl/α,β-unsaturated/α-hetero) is 1. The van der Waals surface area contributed by atoms with Crippen LogP contribution in [0.2, 0.25) is 0 Å². The number of allylic oxidation sites excluding steroid dienone is 4. The lowest BCUT2D eigenvalue weighted by molar-refractivity contribution is -0.119. The molecule has 74 valence electrons. The molecule has 0 N–H and O–H groups in total. The largest absolute Gasteiger partial charge is 0.300 e. The van der Waals surface area contributed by atoms with E-state index in [-0.39, 0.29) is 0 Å². The van der Waals surface area contributed by atoms with Crippen molar-refractivity contribution in [3.8, 4) is 0 Å². The number of carbonyl (C=O) groups excluding carboxylic acids is 1. The number of rotatable bonds is 7. The standard InChI is InChI=1S/C12H20O/c1-3-5-6-7-8-9-11-12(13)10-4-2/h5-8H,3-4,9-11H2,1-2H3/b6-5+,8-7-. The lowest BCUT2D eigenvalue weighted by Crippen LogP contribution is -1.94. The molecule has 0 heterocycles. The van der Waals surface area contributed by atoms with E-state index < -0.39 is 0 Å². The van der Waals surface area contributed by atoms with Gasteiger partial charge in [0.1, 0.15) is 5.78 Å². The zero-order valence-electron chi connectivity index (χ0n) is 8.75. The number of hydrogen-bond donors (Lipinski definition) is 0. The molecule has 0 aromatic heterocycles. The molecule has 0 fully saturated rings. The molecule has 0 aliphatic rings. The van der Waals surface area contributed by atoms with Gasteiger partial charge in [-0.3, -0.25) is 4.79 Å². The van der Waals surface area contributed by atoms with Crippen LogP contribution in [-0.4, -0.2) is 5.78 Å². The first kappa shape index (κ1) is 12.2. The van der Waals surface area contributed by atoms with Crippen LogP contribution < -0.4 is 0 Å². The maximum Gasteiger partial charge on any atom is 0.133 e. The van der Waals surface area contributed by atoms with Crippen molar-refractivity contribution < 1.29 is 4.79 Å². The molecule has 0 atom stereocenters. The molecular weight excluding hydrogens is 160 g/mol. The normalized spacial score (nSPS) is 11.5. The fraction of sp³-hybridized carbons (Fsp3) is 0.583. The molecule has 0 saturated heterocycles. The van der Waals surface area contributed by atoms with Gasteiger partial charge in [-0.25, -0.2) is 0 Å². The van der Waals surface area contributed by atoms with Crippen molar-refractivity contribution in [1.82, 2.24) is 0 Å². The second kappa shape index (κ2) is 9.24. The van der Waals surface area contributed by atoms with Crippen LogP contribution in [0, 0.1) is 0 Å². The van der Waals surface area contributed by atoms with E-state index in [4.69, 9.17) is 0 Å². The molecule has 1 nitrogen and oxygen atoms in total. The third-order valence-corrected chi connectivity index (χ3v) is 1.74. The molecule has 0 bridgehead atoms. The molecule has 13 heavy (non-hydrogen) atoms. The second-order valence-corrected chi connectivity index (χ2v) is 3.09. The van der Waals surface area contributed by atoms with Crippen LogP contribution in [0.25, 0.3) is 0 Å². The molecule has 0 amide bonds. The third-order valence-electron chi connectivity index (χ3n) is 1.74. The van der Waals surface area contributed by atoms with E-state index in [1.807, 2.05) is 19.1 Å². The minimum Gasteiger partial charge on any atom is -0.300 e. The van der Waals surface area contributed by atoms with Gasteiger partial charge in [0.25, 0.3) is 0 Å². The average Bonchev–Trinajstić information content (AvgIpc) is 2.11. The summed E-state index contributed by atoms with van der Waals surface area (Å²) in [5.41, 5.74) is 0. The summed E-state index contributed by atoms with van der Waals surface area (Å²) in [5, 5.41) is 0. The molecule has 0 aliphatic heterocycles. The van der Waals surface area contributed by atoms with Crippen molar-refractivity contribution in [3.63, 3.8) is 0 Å². The summed E-state index contributed by atoms with van der Waals surface area (Å²) in [5.74, 6) is 0.381. The second-order valence-electron chi connectivity index (χ2n) is 3.09. The van der Waals surface area contributed by atoms with Crippen LogP contribution in [-0.2, 0) is 4.79 Å². The van der Waals surface area contributed by atoms with Gasteiger partial charge in [-0.05, 0) is 19.3 Å².